The normalized spacial score (nSPS) is 10.7. The zero-order valence-corrected chi connectivity index (χ0v) is 14.5. The van der Waals surface area contributed by atoms with Gasteiger partial charge in [0.25, 0.3) is 11.8 Å². The topological polar surface area (TPSA) is 84.2 Å². The van der Waals surface area contributed by atoms with E-state index in [9.17, 15) is 14.0 Å². The van der Waals surface area contributed by atoms with Crippen molar-refractivity contribution < 1.29 is 18.4 Å². The Labute approximate surface area is 156 Å². The molecule has 2 heterocycles. The molecule has 0 saturated heterocycles. The molecule has 0 aliphatic heterocycles. The number of amides is 2. The first-order chi connectivity index (χ1) is 13.1. The third-order valence-electron chi connectivity index (χ3n) is 3.72. The van der Waals surface area contributed by atoms with Gasteiger partial charge in [0.2, 0.25) is 0 Å². The van der Waals surface area contributed by atoms with Crippen LogP contribution < -0.4 is 10.6 Å². The van der Waals surface area contributed by atoms with E-state index in [1.54, 1.807) is 30.3 Å². The van der Waals surface area contributed by atoms with E-state index in [1.165, 1.54) is 41.9 Å². The predicted molar refractivity (Wildman–Crippen MR) is 101 cm³/mol. The maximum Gasteiger partial charge on any atom is 0.293 e. The first-order valence-corrected chi connectivity index (χ1v) is 8.72. The van der Waals surface area contributed by atoms with Gasteiger partial charge in [-0.15, -0.1) is 0 Å². The number of furan rings is 1. The standard InChI is InChI=1S/C19H12FN3O3S/c20-12-5-3-11(4-6-12)17(24)21-13-7-8-14-16(10-13)27-19(22-14)23-18(25)15-2-1-9-26-15/h1-10H,(H,21,24)(H,22,23,25). The van der Waals surface area contributed by atoms with Crippen molar-refractivity contribution in [3.63, 3.8) is 0 Å². The van der Waals surface area contributed by atoms with Crippen LogP contribution in [0.1, 0.15) is 20.9 Å². The fraction of sp³-hybridized carbons (Fsp3) is 0. The van der Waals surface area contributed by atoms with Gasteiger partial charge in [0.1, 0.15) is 5.82 Å². The summed E-state index contributed by atoms with van der Waals surface area (Å²) >= 11 is 1.28. The number of aromatic nitrogens is 1. The summed E-state index contributed by atoms with van der Waals surface area (Å²) in [6.07, 6.45) is 1.42. The molecule has 0 radical (unpaired) electrons. The number of fused-ring (bicyclic) bond motifs is 1. The molecule has 2 N–H and O–H groups in total. The van der Waals surface area contributed by atoms with Gasteiger partial charge in [-0.2, -0.15) is 0 Å². The van der Waals surface area contributed by atoms with Crippen LogP contribution in [-0.2, 0) is 0 Å². The monoisotopic (exact) mass is 381 g/mol. The number of carbonyl (C=O) groups is 2. The molecule has 0 spiro atoms. The molecule has 0 aliphatic carbocycles. The molecule has 134 valence electrons. The van der Waals surface area contributed by atoms with Crippen LogP contribution in [-0.4, -0.2) is 16.8 Å². The lowest BCUT2D eigenvalue weighted by Crippen LogP contribution is -2.11. The average Bonchev–Trinajstić information content (AvgIpc) is 3.31. The highest BCUT2D eigenvalue weighted by atomic mass is 32.1. The van der Waals surface area contributed by atoms with Crippen molar-refractivity contribution in [1.29, 1.82) is 0 Å². The summed E-state index contributed by atoms with van der Waals surface area (Å²) in [5.74, 6) is -0.933. The van der Waals surface area contributed by atoms with Crippen molar-refractivity contribution in [1.82, 2.24) is 4.98 Å². The van der Waals surface area contributed by atoms with Crippen molar-refractivity contribution in [3.05, 3.63) is 78.0 Å². The van der Waals surface area contributed by atoms with Crippen LogP contribution in [0.3, 0.4) is 0 Å². The molecule has 0 saturated carbocycles. The molecule has 8 heteroatoms. The van der Waals surface area contributed by atoms with Crippen LogP contribution in [0.5, 0.6) is 0 Å². The summed E-state index contributed by atoms with van der Waals surface area (Å²) in [5, 5.41) is 5.86. The van der Waals surface area contributed by atoms with E-state index in [0.29, 0.717) is 21.9 Å². The number of rotatable bonds is 4. The second-order valence-corrected chi connectivity index (χ2v) is 6.62. The number of halogens is 1. The lowest BCUT2D eigenvalue weighted by atomic mass is 10.2. The average molecular weight is 381 g/mol. The molecule has 2 amide bonds. The molecule has 0 unspecified atom stereocenters. The van der Waals surface area contributed by atoms with Gasteiger partial charge in [-0.3, -0.25) is 14.9 Å². The van der Waals surface area contributed by atoms with Crippen LogP contribution in [0.25, 0.3) is 10.2 Å². The Hall–Kier alpha value is -3.52. The number of benzene rings is 2. The van der Waals surface area contributed by atoms with E-state index in [-0.39, 0.29) is 17.6 Å². The van der Waals surface area contributed by atoms with Crippen molar-refractivity contribution in [2.24, 2.45) is 0 Å². The summed E-state index contributed by atoms with van der Waals surface area (Å²) in [6, 6.07) is 13.7. The number of nitrogens with zero attached hydrogens (tertiary/aromatic N) is 1. The zero-order chi connectivity index (χ0) is 18.8. The minimum atomic E-state index is -0.401. The second kappa shape index (κ2) is 7.00. The van der Waals surface area contributed by atoms with Gasteiger partial charge in [0.05, 0.1) is 16.5 Å². The maximum absolute atomic E-state index is 13.0. The Morgan fingerprint density at radius 1 is 1.00 bits per heavy atom. The van der Waals surface area contributed by atoms with Gasteiger partial charge in [0, 0.05) is 11.3 Å². The summed E-state index contributed by atoms with van der Waals surface area (Å²) in [6.45, 7) is 0. The minimum absolute atomic E-state index is 0.196. The van der Waals surface area contributed by atoms with Gasteiger partial charge < -0.3 is 9.73 Å². The van der Waals surface area contributed by atoms with Gasteiger partial charge in [-0.1, -0.05) is 11.3 Å². The largest absolute Gasteiger partial charge is 0.459 e. The molecule has 4 aromatic rings. The number of nitrogens with one attached hydrogen (secondary N) is 2. The summed E-state index contributed by atoms with van der Waals surface area (Å²) in [4.78, 5) is 28.6. The van der Waals surface area contributed by atoms with E-state index in [2.05, 4.69) is 15.6 Å². The van der Waals surface area contributed by atoms with E-state index in [0.717, 1.165) is 4.70 Å². The lowest BCUT2D eigenvalue weighted by molar-refractivity contribution is 0.0994. The number of hydrogen-bond acceptors (Lipinski definition) is 5. The quantitative estimate of drug-likeness (QED) is 0.544. The predicted octanol–water partition coefficient (Wildman–Crippen LogP) is 4.53. The fourth-order valence-electron chi connectivity index (χ4n) is 2.43. The van der Waals surface area contributed by atoms with Gasteiger partial charge in [-0.25, -0.2) is 9.37 Å². The highest BCUT2D eigenvalue weighted by Crippen LogP contribution is 2.29. The molecule has 27 heavy (non-hydrogen) atoms. The molecule has 0 aliphatic rings. The lowest BCUT2D eigenvalue weighted by Gasteiger charge is -2.05. The number of hydrogen-bond donors (Lipinski definition) is 2. The summed E-state index contributed by atoms with van der Waals surface area (Å²) in [5.41, 5.74) is 1.62. The van der Waals surface area contributed by atoms with E-state index in [4.69, 9.17) is 4.42 Å². The van der Waals surface area contributed by atoms with Crippen LogP contribution in [0.4, 0.5) is 15.2 Å². The van der Waals surface area contributed by atoms with Crippen LogP contribution in [0, 0.1) is 5.82 Å². The molecule has 0 fully saturated rings. The zero-order valence-electron chi connectivity index (χ0n) is 13.7. The molecular formula is C19H12FN3O3S. The van der Waals surface area contributed by atoms with E-state index < -0.39 is 5.82 Å². The van der Waals surface area contributed by atoms with Crippen LogP contribution >= 0.6 is 11.3 Å². The molecule has 2 aromatic heterocycles. The smallest absolute Gasteiger partial charge is 0.293 e. The Morgan fingerprint density at radius 3 is 2.56 bits per heavy atom. The number of carbonyl (C=O) groups excluding carboxylic acids is 2. The highest BCUT2D eigenvalue weighted by Gasteiger charge is 2.13. The Morgan fingerprint density at radius 2 is 1.81 bits per heavy atom. The number of anilines is 2. The maximum atomic E-state index is 13.0. The molecule has 0 atom stereocenters. The molecule has 4 rings (SSSR count). The minimum Gasteiger partial charge on any atom is -0.459 e. The van der Waals surface area contributed by atoms with Gasteiger partial charge >= 0.3 is 0 Å². The van der Waals surface area contributed by atoms with Crippen LogP contribution in [0.15, 0.2) is 65.3 Å². The SMILES string of the molecule is O=C(Nc1ccc2nc(NC(=O)c3ccco3)sc2c1)c1ccc(F)cc1. The summed E-state index contributed by atoms with van der Waals surface area (Å²) in [7, 11) is 0. The third-order valence-corrected chi connectivity index (χ3v) is 4.65. The van der Waals surface area contributed by atoms with Gasteiger partial charge in [0.15, 0.2) is 10.9 Å². The molecule has 2 aromatic carbocycles. The van der Waals surface area contributed by atoms with E-state index in [1.807, 2.05) is 0 Å². The molecule has 6 nitrogen and oxygen atoms in total. The highest BCUT2D eigenvalue weighted by molar-refractivity contribution is 7.22. The number of thiazole rings is 1. The second-order valence-electron chi connectivity index (χ2n) is 5.59. The van der Waals surface area contributed by atoms with E-state index >= 15 is 0 Å². The first kappa shape index (κ1) is 16.9. The fourth-order valence-corrected chi connectivity index (χ4v) is 3.33. The molecular weight excluding hydrogens is 369 g/mol. The van der Waals surface area contributed by atoms with Crippen molar-refractivity contribution >= 4 is 44.2 Å². The van der Waals surface area contributed by atoms with Crippen molar-refractivity contribution in [2.75, 3.05) is 10.6 Å². The third kappa shape index (κ3) is 3.70. The Balaban J connectivity index is 1.51. The van der Waals surface area contributed by atoms with Crippen LogP contribution in [0.2, 0.25) is 0 Å². The summed E-state index contributed by atoms with van der Waals surface area (Å²) < 4.78 is 18.8. The van der Waals surface area contributed by atoms with Crippen molar-refractivity contribution in [3.8, 4) is 0 Å². The molecule has 0 bridgehead atoms. The van der Waals surface area contributed by atoms with Crippen molar-refractivity contribution in [2.45, 2.75) is 0 Å². The Bertz CT molecular complexity index is 1120. The Kier molecular flexibility index (Phi) is 4.39. The van der Waals surface area contributed by atoms with Gasteiger partial charge in [-0.05, 0) is 54.6 Å². The first-order valence-electron chi connectivity index (χ1n) is 7.91.